The van der Waals surface area contributed by atoms with Crippen LogP contribution >= 0.6 is 0 Å². The second kappa shape index (κ2) is 5.40. The average Bonchev–Trinajstić information content (AvgIpc) is 2.67. The standard InChI is InChI=1S/C9H14O.C2H6O/c10-4-3-9-6-7-1-2-8(9)5-7;1-2-3/h1-2,7-10H,3-6H2;3H,2H2,1H3. The minimum absolute atomic E-state index is 0.250. The van der Waals surface area contributed by atoms with E-state index < -0.39 is 0 Å². The molecule has 2 nitrogen and oxygen atoms in total. The summed E-state index contributed by atoms with van der Waals surface area (Å²) in [6, 6.07) is 0. The van der Waals surface area contributed by atoms with Crippen molar-refractivity contribution >= 4 is 0 Å². The van der Waals surface area contributed by atoms with Crippen LogP contribution in [-0.4, -0.2) is 23.4 Å². The van der Waals surface area contributed by atoms with Crippen LogP contribution in [0.2, 0.25) is 0 Å². The number of aliphatic hydroxyl groups excluding tert-OH is 2. The topological polar surface area (TPSA) is 40.5 Å². The molecule has 0 heterocycles. The molecule has 2 rings (SSSR count). The van der Waals surface area contributed by atoms with Crippen molar-refractivity contribution in [1.82, 2.24) is 0 Å². The minimum atomic E-state index is 0.250. The highest BCUT2D eigenvalue weighted by atomic mass is 16.3. The predicted molar refractivity (Wildman–Crippen MR) is 53.3 cm³/mol. The van der Waals surface area contributed by atoms with Crippen molar-refractivity contribution in [3.8, 4) is 0 Å². The summed E-state index contributed by atoms with van der Waals surface area (Å²) in [6.07, 6.45) is 8.41. The Morgan fingerprint density at radius 1 is 1.23 bits per heavy atom. The lowest BCUT2D eigenvalue weighted by Crippen LogP contribution is -2.08. The van der Waals surface area contributed by atoms with Crippen LogP contribution in [0.3, 0.4) is 0 Å². The van der Waals surface area contributed by atoms with E-state index in [2.05, 4.69) is 12.2 Å². The van der Waals surface area contributed by atoms with Crippen LogP contribution in [0.1, 0.15) is 26.2 Å². The first-order chi connectivity index (χ1) is 6.31. The second-order valence-electron chi connectivity index (χ2n) is 3.87. The van der Waals surface area contributed by atoms with Crippen molar-refractivity contribution in [2.45, 2.75) is 26.2 Å². The molecule has 13 heavy (non-hydrogen) atoms. The Balaban J connectivity index is 0.000000251. The van der Waals surface area contributed by atoms with Gasteiger partial charge >= 0.3 is 0 Å². The molecule has 0 aromatic rings. The zero-order valence-corrected chi connectivity index (χ0v) is 8.32. The smallest absolute Gasteiger partial charge is 0.0433 e. The summed E-state index contributed by atoms with van der Waals surface area (Å²) < 4.78 is 0. The van der Waals surface area contributed by atoms with E-state index in [1.165, 1.54) is 12.8 Å². The van der Waals surface area contributed by atoms with Gasteiger partial charge in [0.25, 0.3) is 0 Å². The molecule has 2 bridgehead atoms. The van der Waals surface area contributed by atoms with Crippen LogP contribution in [0.25, 0.3) is 0 Å². The monoisotopic (exact) mass is 184 g/mol. The van der Waals surface area contributed by atoms with Crippen LogP contribution in [-0.2, 0) is 0 Å². The molecule has 1 saturated carbocycles. The molecule has 2 aliphatic carbocycles. The molecule has 0 spiro atoms. The van der Waals surface area contributed by atoms with Crippen molar-refractivity contribution in [2.24, 2.45) is 17.8 Å². The summed E-state index contributed by atoms with van der Waals surface area (Å²) in [5, 5.41) is 16.3. The molecule has 1 fully saturated rings. The van der Waals surface area contributed by atoms with Gasteiger partial charge in [-0.05, 0) is 43.9 Å². The molecule has 0 aromatic heterocycles. The molecule has 2 heteroatoms. The molecular formula is C11H20O2. The molecule has 2 N–H and O–H groups in total. The average molecular weight is 184 g/mol. The van der Waals surface area contributed by atoms with Gasteiger partial charge in [0.05, 0.1) is 0 Å². The Kier molecular flexibility index (Phi) is 4.46. The first kappa shape index (κ1) is 10.7. The second-order valence-corrected chi connectivity index (χ2v) is 3.87. The zero-order chi connectivity index (χ0) is 9.68. The number of hydrogen-bond donors (Lipinski definition) is 2. The summed E-state index contributed by atoms with van der Waals surface area (Å²) >= 11 is 0. The van der Waals surface area contributed by atoms with Gasteiger partial charge in [-0.15, -0.1) is 0 Å². The van der Waals surface area contributed by atoms with Gasteiger partial charge in [-0.25, -0.2) is 0 Å². The minimum Gasteiger partial charge on any atom is -0.397 e. The Bertz CT molecular complexity index is 165. The van der Waals surface area contributed by atoms with E-state index in [1.54, 1.807) is 6.92 Å². The number of allylic oxidation sites excluding steroid dienone is 2. The Hall–Kier alpha value is -0.340. The molecule has 0 aliphatic heterocycles. The maximum Gasteiger partial charge on any atom is 0.0433 e. The molecule has 0 saturated heterocycles. The maximum atomic E-state index is 8.73. The van der Waals surface area contributed by atoms with Crippen molar-refractivity contribution in [3.05, 3.63) is 12.2 Å². The highest BCUT2D eigenvalue weighted by molar-refractivity contribution is 5.09. The third-order valence-corrected chi connectivity index (χ3v) is 2.92. The van der Waals surface area contributed by atoms with Gasteiger partial charge in [-0.1, -0.05) is 12.2 Å². The van der Waals surface area contributed by atoms with Crippen molar-refractivity contribution in [2.75, 3.05) is 13.2 Å². The van der Waals surface area contributed by atoms with Crippen LogP contribution in [0.5, 0.6) is 0 Å². The number of fused-ring (bicyclic) bond motifs is 2. The highest BCUT2D eigenvalue weighted by Gasteiger charge is 2.34. The largest absolute Gasteiger partial charge is 0.397 e. The summed E-state index contributed by atoms with van der Waals surface area (Å²) in [5.41, 5.74) is 0. The lowest BCUT2D eigenvalue weighted by molar-refractivity contribution is 0.244. The number of aliphatic hydroxyl groups is 2. The van der Waals surface area contributed by atoms with Crippen molar-refractivity contribution < 1.29 is 10.2 Å². The predicted octanol–water partition coefficient (Wildman–Crippen LogP) is 1.58. The number of hydrogen-bond acceptors (Lipinski definition) is 2. The first-order valence-electron chi connectivity index (χ1n) is 5.21. The first-order valence-corrected chi connectivity index (χ1v) is 5.21. The Morgan fingerprint density at radius 2 is 1.92 bits per heavy atom. The van der Waals surface area contributed by atoms with Crippen molar-refractivity contribution in [3.63, 3.8) is 0 Å². The van der Waals surface area contributed by atoms with E-state index >= 15 is 0 Å². The van der Waals surface area contributed by atoms with Gasteiger partial charge < -0.3 is 10.2 Å². The van der Waals surface area contributed by atoms with Gasteiger partial charge in [0.2, 0.25) is 0 Å². The summed E-state index contributed by atoms with van der Waals surface area (Å²) in [6.45, 7) is 2.31. The van der Waals surface area contributed by atoms with Crippen LogP contribution in [0.15, 0.2) is 12.2 Å². The molecule has 3 atom stereocenters. The summed E-state index contributed by atoms with van der Waals surface area (Å²) in [5.74, 6) is 2.48. The van der Waals surface area contributed by atoms with Gasteiger partial charge in [0, 0.05) is 13.2 Å². The van der Waals surface area contributed by atoms with E-state index in [0.29, 0.717) is 6.61 Å². The fraction of sp³-hybridized carbons (Fsp3) is 0.818. The Labute approximate surface area is 80.3 Å². The lowest BCUT2D eigenvalue weighted by atomic mass is 9.91. The summed E-state index contributed by atoms with van der Waals surface area (Å²) in [4.78, 5) is 0. The summed E-state index contributed by atoms with van der Waals surface area (Å²) in [7, 11) is 0. The van der Waals surface area contributed by atoms with Gasteiger partial charge in [0.1, 0.15) is 0 Å². The molecular weight excluding hydrogens is 164 g/mol. The molecule has 2 aliphatic rings. The fourth-order valence-corrected chi connectivity index (χ4v) is 2.39. The van der Waals surface area contributed by atoms with Crippen LogP contribution < -0.4 is 0 Å². The van der Waals surface area contributed by atoms with Crippen LogP contribution in [0, 0.1) is 17.8 Å². The van der Waals surface area contributed by atoms with Gasteiger partial charge in [0.15, 0.2) is 0 Å². The van der Waals surface area contributed by atoms with E-state index in [1.807, 2.05) is 0 Å². The lowest BCUT2D eigenvalue weighted by Gasteiger charge is -2.15. The molecule has 0 aromatic carbocycles. The van der Waals surface area contributed by atoms with Gasteiger partial charge in [-0.2, -0.15) is 0 Å². The van der Waals surface area contributed by atoms with Crippen LogP contribution in [0.4, 0.5) is 0 Å². The van der Waals surface area contributed by atoms with E-state index in [0.717, 1.165) is 24.2 Å². The van der Waals surface area contributed by atoms with Gasteiger partial charge in [-0.3, -0.25) is 0 Å². The number of rotatable bonds is 2. The van der Waals surface area contributed by atoms with E-state index in [9.17, 15) is 0 Å². The molecule has 0 amide bonds. The fourth-order valence-electron chi connectivity index (χ4n) is 2.39. The normalized spacial score (nSPS) is 34.5. The third kappa shape index (κ3) is 2.82. The van der Waals surface area contributed by atoms with Crippen molar-refractivity contribution in [1.29, 1.82) is 0 Å². The highest BCUT2D eigenvalue weighted by Crippen LogP contribution is 2.44. The molecule has 76 valence electrons. The Morgan fingerprint density at radius 3 is 2.31 bits per heavy atom. The SMILES string of the molecule is CCO.OCCC1CC2C=CC1C2. The quantitative estimate of drug-likeness (QED) is 0.640. The third-order valence-electron chi connectivity index (χ3n) is 2.92. The maximum absolute atomic E-state index is 8.73. The van der Waals surface area contributed by atoms with E-state index in [-0.39, 0.29) is 6.61 Å². The molecule has 0 radical (unpaired) electrons. The zero-order valence-electron chi connectivity index (χ0n) is 8.32. The van der Waals surface area contributed by atoms with E-state index in [4.69, 9.17) is 10.2 Å². The molecule has 3 unspecified atom stereocenters.